The van der Waals surface area contributed by atoms with Gasteiger partial charge in [0.15, 0.2) is 0 Å². The molecule has 1 amide bonds. The van der Waals surface area contributed by atoms with Crippen molar-refractivity contribution >= 4 is 52.6 Å². The summed E-state index contributed by atoms with van der Waals surface area (Å²) in [5.41, 5.74) is 3.44. The molecule has 0 fully saturated rings. The first-order valence-corrected chi connectivity index (χ1v) is 7.41. The molecule has 2 N–H and O–H groups in total. The highest BCUT2D eigenvalue weighted by Gasteiger charge is 2.09. The number of halogens is 3. The van der Waals surface area contributed by atoms with Gasteiger partial charge in [0.25, 0.3) is 5.91 Å². The van der Waals surface area contributed by atoms with E-state index in [1.807, 2.05) is 0 Å². The summed E-state index contributed by atoms with van der Waals surface area (Å²) in [5, 5.41) is 16.7. The van der Waals surface area contributed by atoms with Crippen LogP contribution in [0.15, 0.2) is 52.7 Å². The number of amides is 1. The second kappa shape index (κ2) is 7.97. The molecule has 0 aliphatic rings. The van der Waals surface area contributed by atoms with E-state index in [-0.39, 0.29) is 16.3 Å². The highest BCUT2D eigenvalue weighted by molar-refractivity contribution is 6.42. The third kappa shape index (κ3) is 4.69. The Morgan fingerprint density at radius 1 is 1.04 bits per heavy atom. The fourth-order valence-electron chi connectivity index (χ4n) is 1.68. The second-order valence-electron chi connectivity index (χ2n) is 4.32. The van der Waals surface area contributed by atoms with Crippen molar-refractivity contribution in [1.29, 1.82) is 0 Å². The van der Waals surface area contributed by atoms with Crippen molar-refractivity contribution in [1.82, 2.24) is 5.43 Å². The SMILES string of the molecule is O=C(NN=C(C=NO)c1cccc(Cl)c1)c1ccc(Cl)c(Cl)c1. The largest absolute Gasteiger partial charge is 0.411 e. The summed E-state index contributed by atoms with van der Waals surface area (Å²) < 4.78 is 0. The van der Waals surface area contributed by atoms with Gasteiger partial charge < -0.3 is 5.21 Å². The van der Waals surface area contributed by atoms with Gasteiger partial charge in [-0.15, -0.1) is 0 Å². The van der Waals surface area contributed by atoms with Crippen molar-refractivity contribution in [3.05, 3.63) is 68.7 Å². The Hall–Kier alpha value is -2.08. The molecule has 2 aromatic carbocycles. The number of carbonyl (C=O) groups is 1. The molecular weight excluding hydrogens is 361 g/mol. The van der Waals surface area contributed by atoms with Crippen LogP contribution >= 0.6 is 34.8 Å². The van der Waals surface area contributed by atoms with E-state index < -0.39 is 5.91 Å². The maximum atomic E-state index is 12.1. The lowest BCUT2D eigenvalue weighted by atomic mass is 10.1. The van der Waals surface area contributed by atoms with Gasteiger partial charge in [0.2, 0.25) is 0 Å². The first-order valence-electron chi connectivity index (χ1n) is 6.27. The Balaban J connectivity index is 2.23. The molecule has 118 valence electrons. The van der Waals surface area contributed by atoms with E-state index in [9.17, 15) is 4.79 Å². The quantitative estimate of drug-likeness (QED) is 0.480. The molecule has 0 spiro atoms. The van der Waals surface area contributed by atoms with Crippen molar-refractivity contribution in [2.24, 2.45) is 10.3 Å². The van der Waals surface area contributed by atoms with E-state index in [1.54, 1.807) is 24.3 Å². The summed E-state index contributed by atoms with van der Waals surface area (Å²) in [4.78, 5) is 12.1. The third-order valence-electron chi connectivity index (χ3n) is 2.76. The van der Waals surface area contributed by atoms with Gasteiger partial charge in [-0.25, -0.2) is 5.43 Å². The maximum absolute atomic E-state index is 12.1. The number of oxime groups is 1. The number of nitrogens with one attached hydrogen (secondary N) is 1. The van der Waals surface area contributed by atoms with Gasteiger partial charge in [-0.3, -0.25) is 4.79 Å². The number of hydrazone groups is 1. The monoisotopic (exact) mass is 369 g/mol. The van der Waals surface area contributed by atoms with Crippen LogP contribution < -0.4 is 5.43 Å². The highest BCUT2D eigenvalue weighted by Crippen LogP contribution is 2.22. The zero-order valence-electron chi connectivity index (χ0n) is 11.5. The fourth-order valence-corrected chi connectivity index (χ4v) is 2.17. The zero-order valence-corrected chi connectivity index (χ0v) is 13.8. The van der Waals surface area contributed by atoms with Crippen LogP contribution in [0.3, 0.4) is 0 Å². The molecule has 0 radical (unpaired) electrons. The van der Waals surface area contributed by atoms with Gasteiger partial charge in [-0.2, -0.15) is 5.10 Å². The molecule has 0 aliphatic carbocycles. The Labute approximate surface area is 147 Å². The van der Waals surface area contributed by atoms with E-state index >= 15 is 0 Å². The van der Waals surface area contributed by atoms with E-state index in [1.165, 1.54) is 18.2 Å². The summed E-state index contributed by atoms with van der Waals surface area (Å²) >= 11 is 17.6. The lowest BCUT2D eigenvalue weighted by molar-refractivity contribution is 0.0955. The van der Waals surface area contributed by atoms with Crippen LogP contribution in [0.5, 0.6) is 0 Å². The minimum atomic E-state index is -0.491. The van der Waals surface area contributed by atoms with Gasteiger partial charge >= 0.3 is 0 Å². The molecule has 2 rings (SSSR count). The van der Waals surface area contributed by atoms with Crippen LogP contribution in [0, 0.1) is 0 Å². The van der Waals surface area contributed by atoms with Gasteiger partial charge in [-0.05, 0) is 30.3 Å². The number of benzene rings is 2. The Morgan fingerprint density at radius 3 is 2.48 bits per heavy atom. The van der Waals surface area contributed by atoms with Crippen LogP contribution in [-0.2, 0) is 0 Å². The normalized spacial score (nSPS) is 11.7. The molecule has 2 aromatic rings. The molecular formula is C15H10Cl3N3O2. The number of hydrogen-bond acceptors (Lipinski definition) is 4. The standard InChI is InChI=1S/C15H10Cl3N3O2/c16-11-3-1-2-9(6-11)14(8-19-23)20-21-15(22)10-4-5-12(17)13(18)7-10/h1-8,23H,(H,21,22). The highest BCUT2D eigenvalue weighted by atomic mass is 35.5. The number of hydrogen-bond donors (Lipinski definition) is 2. The molecule has 5 nitrogen and oxygen atoms in total. The predicted octanol–water partition coefficient (Wildman–Crippen LogP) is 4.24. The van der Waals surface area contributed by atoms with E-state index in [4.69, 9.17) is 40.0 Å². The molecule has 0 aromatic heterocycles. The van der Waals surface area contributed by atoms with Gasteiger partial charge in [0.05, 0.1) is 16.3 Å². The summed E-state index contributed by atoms with van der Waals surface area (Å²) in [7, 11) is 0. The van der Waals surface area contributed by atoms with Gasteiger partial charge in [-0.1, -0.05) is 52.1 Å². The molecule has 0 saturated heterocycles. The summed E-state index contributed by atoms with van der Waals surface area (Å²) in [6.45, 7) is 0. The van der Waals surface area contributed by atoms with Crippen molar-refractivity contribution in [3.63, 3.8) is 0 Å². The minimum Gasteiger partial charge on any atom is -0.411 e. The van der Waals surface area contributed by atoms with Crippen molar-refractivity contribution in [2.75, 3.05) is 0 Å². The molecule has 0 saturated carbocycles. The summed E-state index contributed by atoms with van der Waals surface area (Å²) in [5.74, 6) is -0.491. The average Bonchev–Trinajstić information content (AvgIpc) is 2.53. The van der Waals surface area contributed by atoms with Crippen molar-refractivity contribution in [2.45, 2.75) is 0 Å². The fraction of sp³-hybridized carbons (Fsp3) is 0. The Bertz CT molecular complexity index is 791. The van der Waals surface area contributed by atoms with E-state index in [0.717, 1.165) is 6.21 Å². The van der Waals surface area contributed by atoms with E-state index in [2.05, 4.69) is 15.7 Å². The molecule has 8 heteroatoms. The topological polar surface area (TPSA) is 74.0 Å². The van der Waals surface area contributed by atoms with Gasteiger partial charge in [0, 0.05) is 16.1 Å². The zero-order chi connectivity index (χ0) is 16.8. The summed E-state index contributed by atoms with van der Waals surface area (Å²) in [6.07, 6.45) is 1.08. The molecule has 0 aliphatic heterocycles. The Morgan fingerprint density at radius 2 is 1.83 bits per heavy atom. The lowest BCUT2D eigenvalue weighted by Crippen LogP contribution is -2.20. The summed E-state index contributed by atoms with van der Waals surface area (Å²) in [6, 6.07) is 11.2. The Kier molecular flexibility index (Phi) is 5.98. The predicted molar refractivity (Wildman–Crippen MR) is 92.2 cm³/mol. The molecule has 23 heavy (non-hydrogen) atoms. The van der Waals surface area contributed by atoms with Gasteiger partial charge in [0.1, 0.15) is 5.71 Å². The first-order chi connectivity index (χ1) is 11.0. The average molecular weight is 371 g/mol. The van der Waals surface area contributed by atoms with Crippen LogP contribution in [-0.4, -0.2) is 23.0 Å². The maximum Gasteiger partial charge on any atom is 0.271 e. The van der Waals surface area contributed by atoms with Crippen LogP contribution in [0.2, 0.25) is 15.1 Å². The third-order valence-corrected chi connectivity index (χ3v) is 3.73. The first kappa shape index (κ1) is 17.3. The van der Waals surface area contributed by atoms with Crippen LogP contribution in [0.1, 0.15) is 15.9 Å². The lowest BCUT2D eigenvalue weighted by Gasteiger charge is -2.04. The second-order valence-corrected chi connectivity index (χ2v) is 5.57. The minimum absolute atomic E-state index is 0.225. The smallest absolute Gasteiger partial charge is 0.271 e. The number of carbonyl (C=O) groups excluding carboxylic acids is 1. The van der Waals surface area contributed by atoms with E-state index in [0.29, 0.717) is 15.6 Å². The molecule has 0 bridgehead atoms. The van der Waals surface area contributed by atoms with Crippen LogP contribution in [0.4, 0.5) is 0 Å². The number of nitrogens with zero attached hydrogens (tertiary/aromatic N) is 2. The number of rotatable bonds is 4. The van der Waals surface area contributed by atoms with Crippen LogP contribution in [0.25, 0.3) is 0 Å². The molecule has 0 unspecified atom stereocenters. The van der Waals surface area contributed by atoms with Crippen molar-refractivity contribution in [3.8, 4) is 0 Å². The molecule has 0 atom stereocenters. The van der Waals surface area contributed by atoms with Crippen molar-refractivity contribution < 1.29 is 10.0 Å². The molecule has 0 heterocycles.